The van der Waals surface area contributed by atoms with Crippen LogP contribution in [0.15, 0.2) is 0 Å². The van der Waals surface area contributed by atoms with Crippen molar-refractivity contribution >= 4 is 0 Å². The molecule has 0 radical (unpaired) electrons. The highest BCUT2D eigenvalue weighted by molar-refractivity contribution is 5.23. The molecule has 7 fully saturated rings. The van der Waals surface area contributed by atoms with Gasteiger partial charge in [-0.2, -0.15) is 0 Å². The molecule has 2 nitrogen and oxygen atoms in total. The van der Waals surface area contributed by atoms with Crippen molar-refractivity contribution in [1.82, 2.24) is 0 Å². The maximum absolute atomic E-state index is 10.9. The van der Waals surface area contributed by atoms with Crippen molar-refractivity contribution in [3.63, 3.8) is 0 Å². The normalized spacial score (nSPS) is 64.5. The summed E-state index contributed by atoms with van der Waals surface area (Å²) in [4.78, 5) is 0. The van der Waals surface area contributed by atoms with Gasteiger partial charge >= 0.3 is 0 Å². The predicted octanol–water partition coefficient (Wildman–Crippen LogP) is 3.75. The van der Waals surface area contributed by atoms with Crippen molar-refractivity contribution < 1.29 is 10.2 Å². The van der Waals surface area contributed by atoms with Crippen LogP contribution in [0.3, 0.4) is 0 Å². The van der Waals surface area contributed by atoms with E-state index in [1.54, 1.807) is 0 Å². The largest absolute Gasteiger partial charge is 0.393 e. The summed E-state index contributed by atoms with van der Waals surface area (Å²) in [6.07, 6.45) is 9.49. The van der Waals surface area contributed by atoms with Crippen LogP contribution in [0, 0.1) is 39.9 Å². The molecule has 0 aromatic carbocycles. The van der Waals surface area contributed by atoms with E-state index in [4.69, 9.17) is 0 Å². The summed E-state index contributed by atoms with van der Waals surface area (Å²) < 4.78 is 0. The van der Waals surface area contributed by atoms with Gasteiger partial charge < -0.3 is 10.2 Å². The second-order valence-electron chi connectivity index (χ2n) is 10.7. The molecule has 0 aromatic heterocycles. The summed E-state index contributed by atoms with van der Waals surface area (Å²) in [6, 6.07) is 0. The molecule has 7 rings (SSSR count). The predicted molar refractivity (Wildman–Crippen MR) is 86.2 cm³/mol. The highest BCUT2D eigenvalue weighted by Gasteiger charge is 2.73. The molecule has 2 heteroatoms. The van der Waals surface area contributed by atoms with Crippen LogP contribution < -0.4 is 0 Å². The van der Waals surface area contributed by atoms with Gasteiger partial charge in [0.25, 0.3) is 0 Å². The molecular formula is C20H32O2. The van der Waals surface area contributed by atoms with E-state index in [1.807, 2.05) is 0 Å². The van der Waals surface area contributed by atoms with Crippen LogP contribution in [0.2, 0.25) is 0 Å². The minimum atomic E-state index is -0.285. The first-order valence-electron chi connectivity index (χ1n) is 9.62. The van der Waals surface area contributed by atoms with Gasteiger partial charge in [-0.3, -0.25) is 0 Å². The van der Waals surface area contributed by atoms with Crippen molar-refractivity contribution in [1.29, 1.82) is 0 Å². The van der Waals surface area contributed by atoms with Crippen molar-refractivity contribution in [2.45, 2.75) is 83.8 Å². The smallest absolute Gasteiger partial charge is 0.0686 e. The minimum Gasteiger partial charge on any atom is -0.393 e. The lowest BCUT2D eigenvalue weighted by atomic mass is 9.30. The van der Waals surface area contributed by atoms with E-state index >= 15 is 0 Å². The highest BCUT2D eigenvalue weighted by atomic mass is 16.3. The Hall–Kier alpha value is -0.0800. The first-order valence-corrected chi connectivity index (χ1v) is 9.62. The number of rotatable bonds is 0. The van der Waals surface area contributed by atoms with Crippen molar-refractivity contribution in [3.8, 4) is 0 Å². The van der Waals surface area contributed by atoms with E-state index in [0.29, 0.717) is 22.7 Å². The van der Waals surface area contributed by atoms with Gasteiger partial charge in [0.1, 0.15) is 0 Å². The third kappa shape index (κ3) is 1.38. The lowest BCUT2D eigenvalue weighted by molar-refractivity contribution is -0.309. The Bertz CT molecular complexity index is 528. The Kier molecular flexibility index (Phi) is 2.45. The Labute approximate surface area is 134 Å². The van der Waals surface area contributed by atoms with Gasteiger partial charge in [-0.05, 0) is 91.3 Å². The molecule has 7 aliphatic rings. The number of fused-ring (bicyclic) bond motifs is 1. The quantitative estimate of drug-likeness (QED) is 0.715. The fourth-order valence-corrected chi connectivity index (χ4v) is 8.79. The third-order valence-electron chi connectivity index (χ3n) is 9.67. The molecule has 0 saturated heterocycles. The fourth-order valence-electron chi connectivity index (χ4n) is 8.79. The molecule has 0 amide bonds. The summed E-state index contributed by atoms with van der Waals surface area (Å²) in [5.74, 6) is 2.89. The maximum Gasteiger partial charge on any atom is 0.0686 e. The van der Waals surface area contributed by atoms with E-state index in [9.17, 15) is 10.2 Å². The zero-order chi connectivity index (χ0) is 15.5. The first-order chi connectivity index (χ1) is 10.2. The number of hydrogen-bond donors (Lipinski definition) is 2. The average molecular weight is 304 g/mol. The van der Waals surface area contributed by atoms with Crippen LogP contribution in [0.1, 0.15) is 72.1 Å². The van der Waals surface area contributed by atoms with E-state index in [-0.39, 0.29) is 17.1 Å². The van der Waals surface area contributed by atoms with Crippen molar-refractivity contribution in [2.75, 3.05) is 0 Å². The Morgan fingerprint density at radius 2 is 1.73 bits per heavy atom. The molecule has 7 saturated carbocycles. The zero-order valence-electron chi connectivity index (χ0n) is 14.4. The van der Waals surface area contributed by atoms with Crippen LogP contribution in [0.4, 0.5) is 0 Å². The molecule has 8 unspecified atom stereocenters. The number of aliphatic hydroxyl groups is 2. The monoisotopic (exact) mass is 304 g/mol. The highest BCUT2D eigenvalue weighted by Crippen LogP contribution is 2.77. The maximum atomic E-state index is 10.9. The summed E-state index contributed by atoms with van der Waals surface area (Å²) >= 11 is 0. The molecule has 1 spiro atoms. The van der Waals surface area contributed by atoms with Gasteiger partial charge in [0, 0.05) is 0 Å². The summed E-state index contributed by atoms with van der Waals surface area (Å²) in [6.45, 7) is 7.17. The van der Waals surface area contributed by atoms with Gasteiger partial charge in [0.2, 0.25) is 0 Å². The molecule has 4 bridgehead atoms. The Morgan fingerprint density at radius 1 is 0.955 bits per heavy atom. The fraction of sp³-hybridized carbons (Fsp3) is 1.00. The summed E-state index contributed by atoms with van der Waals surface area (Å²) in [5.41, 5.74) is 0.607. The molecule has 0 heterocycles. The van der Waals surface area contributed by atoms with Crippen LogP contribution in [0.25, 0.3) is 0 Å². The van der Waals surface area contributed by atoms with Crippen molar-refractivity contribution in [3.05, 3.63) is 0 Å². The molecular weight excluding hydrogens is 272 g/mol. The van der Waals surface area contributed by atoms with E-state index in [2.05, 4.69) is 20.8 Å². The summed E-state index contributed by atoms with van der Waals surface area (Å²) in [5, 5.41) is 21.5. The topological polar surface area (TPSA) is 40.5 Å². The number of aliphatic hydroxyl groups excluding tert-OH is 1. The van der Waals surface area contributed by atoms with Gasteiger partial charge in [0.15, 0.2) is 0 Å². The Morgan fingerprint density at radius 3 is 2.45 bits per heavy atom. The number of hydrogen-bond acceptors (Lipinski definition) is 2. The van der Waals surface area contributed by atoms with Crippen LogP contribution in [-0.2, 0) is 0 Å². The second kappa shape index (κ2) is 3.77. The van der Waals surface area contributed by atoms with E-state index in [1.165, 1.54) is 32.1 Å². The lowest BCUT2D eigenvalue weighted by Crippen LogP contribution is -2.72. The molecule has 0 aromatic rings. The van der Waals surface area contributed by atoms with Crippen molar-refractivity contribution in [2.24, 2.45) is 39.9 Å². The zero-order valence-corrected chi connectivity index (χ0v) is 14.4. The molecule has 8 atom stereocenters. The SMILES string of the molecule is CC1(C)C(O)CCC2(C)C3CC4C5CC4(O)CC3(CCC12)C5. The van der Waals surface area contributed by atoms with Gasteiger partial charge in [-0.25, -0.2) is 0 Å². The molecule has 124 valence electrons. The lowest BCUT2D eigenvalue weighted by Gasteiger charge is -2.76. The molecule has 22 heavy (non-hydrogen) atoms. The van der Waals surface area contributed by atoms with Gasteiger partial charge in [0.05, 0.1) is 11.7 Å². The molecule has 2 N–H and O–H groups in total. The Balaban J connectivity index is 1.55. The average Bonchev–Trinajstić information content (AvgIpc) is 2.42. The van der Waals surface area contributed by atoms with Gasteiger partial charge in [-0.1, -0.05) is 20.8 Å². The van der Waals surface area contributed by atoms with E-state index in [0.717, 1.165) is 31.1 Å². The third-order valence-corrected chi connectivity index (χ3v) is 9.67. The second-order valence-corrected chi connectivity index (χ2v) is 10.7. The van der Waals surface area contributed by atoms with E-state index < -0.39 is 0 Å². The summed E-state index contributed by atoms with van der Waals surface area (Å²) in [7, 11) is 0. The molecule has 0 aliphatic heterocycles. The first kappa shape index (κ1) is 14.3. The van der Waals surface area contributed by atoms with Gasteiger partial charge in [-0.15, -0.1) is 0 Å². The molecule has 7 aliphatic carbocycles. The van der Waals surface area contributed by atoms with Crippen LogP contribution >= 0.6 is 0 Å². The minimum absolute atomic E-state index is 0.0606. The standard InChI is InChI=1S/C20H32O2/c1-17(2)14-4-7-19-9-12-10-20(22,11-19)13(12)8-15(19)18(14,3)6-5-16(17)21/h12-16,21-22H,4-11H2,1-3H3. The van der Waals surface area contributed by atoms with Crippen LogP contribution in [-0.4, -0.2) is 21.9 Å². The van der Waals surface area contributed by atoms with Crippen LogP contribution in [0.5, 0.6) is 0 Å².